The van der Waals surface area contributed by atoms with Gasteiger partial charge in [0.25, 0.3) is 5.91 Å². The van der Waals surface area contributed by atoms with Crippen molar-refractivity contribution in [1.29, 1.82) is 0 Å². The van der Waals surface area contributed by atoms with E-state index in [0.717, 1.165) is 33.9 Å². The normalized spacial score (nSPS) is 15.3. The van der Waals surface area contributed by atoms with Crippen LogP contribution in [0.4, 0.5) is 5.69 Å². The number of carbonyl (C=O) groups excluding carboxylic acids is 1. The Morgan fingerprint density at radius 1 is 1.00 bits per heavy atom. The molecule has 0 radical (unpaired) electrons. The maximum absolute atomic E-state index is 13.1. The van der Waals surface area contributed by atoms with Gasteiger partial charge >= 0.3 is 0 Å². The highest BCUT2D eigenvalue weighted by Crippen LogP contribution is 2.40. The second kappa shape index (κ2) is 7.31. The standard InChI is InChI=1S/C23H25NO3/c1-16-15-23(2,3)24(21-12-11-19(27-5)14-20(16)21)22(25)13-8-17-6-9-18(26-4)10-7-17/h6-15H,1-5H3/b13-8-. The molecule has 2 aromatic rings. The van der Waals surface area contributed by atoms with Gasteiger partial charge in [-0.05, 0) is 68.3 Å². The molecular formula is C23H25NO3. The third kappa shape index (κ3) is 3.75. The maximum Gasteiger partial charge on any atom is 0.251 e. The summed E-state index contributed by atoms with van der Waals surface area (Å²) >= 11 is 0. The van der Waals surface area contributed by atoms with Gasteiger partial charge in [0.2, 0.25) is 0 Å². The van der Waals surface area contributed by atoms with E-state index in [1.165, 1.54) is 0 Å². The number of fused-ring (bicyclic) bond motifs is 1. The Morgan fingerprint density at radius 2 is 1.63 bits per heavy atom. The molecule has 140 valence electrons. The molecule has 3 rings (SSSR count). The Kier molecular flexibility index (Phi) is 5.08. The van der Waals surface area contributed by atoms with Crippen LogP contribution in [0.5, 0.6) is 11.5 Å². The van der Waals surface area contributed by atoms with E-state index in [0.29, 0.717) is 0 Å². The fourth-order valence-electron chi connectivity index (χ4n) is 3.50. The molecule has 4 nitrogen and oxygen atoms in total. The van der Waals surface area contributed by atoms with Gasteiger partial charge in [-0.2, -0.15) is 0 Å². The monoisotopic (exact) mass is 363 g/mol. The minimum atomic E-state index is -0.424. The Bertz CT molecular complexity index is 908. The summed E-state index contributed by atoms with van der Waals surface area (Å²) < 4.78 is 10.5. The van der Waals surface area contributed by atoms with E-state index in [1.54, 1.807) is 20.3 Å². The highest BCUT2D eigenvalue weighted by molar-refractivity contribution is 6.08. The molecule has 1 aliphatic heterocycles. The van der Waals surface area contributed by atoms with Crippen molar-refractivity contribution in [1.82, 2.24) is 0 Å². The fraction of sp³-hybridized carbons (Fsp3) is 0.261. The van der Waals surface area contributed by atoms with Crippen molar-refractivity contribution in [2.24, 2.45) is 0 Å². The molecule has 0 saturated carbocycles. The van der Waals surface area contributed by atoms with Gasteiger partial charge < -0.3 is 9.47 Å². The van der Waals surface area contributed by atoms with E-state index in [9.17, 15) is 4.79 Å². The molecule has 1 heterocycles. The number of ether oxygens (including phenoxy) is 2. The Labute approximate surface area is 160 Å². The van der Waals surface area contributed by atoms with Crippen molar-refractivity contribution in [2.75, 3.05) is 19.1 Å². The first-order valence-corrected chi connectivity index (χ1v) is 8.90. The second-order valence-corrected chi connectivity index (χ2v) is 7.14. The molecule has 0 atom stereocenters. The summed E-state index contributed by atoms with van der Waals surface area (Å²) in [7, 11) is 3.28. The number of hydrogen-bond acceptors (Lipinski definition) is 3. The quantitative estimate of drug-likeness (QED) is 0.722. The summed E-state index contributed by atoms with van der Waals surface area (Å²) in [6, 6.07) is 13.4. The number of anilines is 1. The van der Waals surface area contributed by atoms with Gasteiger partial charge in [0.05, 0.1) is 25.4 Å². The number of carbonyl (C=O) groups is 1. The van der Waals surface area contributed by atoms with Crippen LogP contribution in [0.2, 0.25) is 0 Å². The molecule has 0 aromatic heterocycles. The van der Waals surface area contributed by atoms with Crippen LogP contribution in [0.15, 0.2) is 54.6 Å². The van der Waals surface area contributed by atoms with Crippen molar-refractivity contribution in [3.8, 4) is 11.5 Å². The van der Waals surface area contributed by atoms with Gasteiger partial charge in [0.15, 0.2) is 0 Å². The van der Waals surface area contributed by atoms with E-state index < -0.39 is 5.54 Å². The largest absolute Gasteiger partial charge is 0.497 e. The first-order chi connectivity index (χ1) is 12.9. The van der Waals surface area contributed by atoms with Crippen LogP contribution in [0.3, 0.4) is 0 Å². The second-order valence-electron chi connectivity index (χ2n) is 7.14. The predicted molar refractivity (Wildman–Crippen MR) is 110 cm³/mol. The number of rotatable bonds is 4. The molecule has 27 heavy (non-hydrogen) atoms. The summed E-state index contributed by atoms with van der Waals surface area (Å²) in [6.45, 7) is 6.15. The topological polar surface area (TPSA) is 38.8 Å². The average Bonchev–Trinajstić information content (AvgIpc) is 2.65. The number of nitrogens with zero attached hydrogens (tertiary/aromatic N) is 1. The minimum absolute atomic E-state index is 0.0639. The van der Waals surface area contributed by atoms with E-state index in [-0.39, 0.29) is 5.91 Å². The van der Waals surface area contributed by atoms with Gasteiger partial charge in [-0.1, -0.05) is 18.2 Å². The van der Waals surface area contributed by atoms with E-state index in [2.05, 4.69) is 13.0 Å². The lowest BCUT2D eigenvalue weighted by atomic mass is 9.88. The van der Waals surface area contributed by atoms with Gasteiger partial charge in [-0.15, -0.1) is 0 Å². The zero-order valence-electron chi connectivity index (χ0n) is 16.4. The Morgan fingerprint density at radius 3 is 2.26 bits per heavy atom. The summed E-state index contributed by atoms with van der Waals surface area (Å²) in [4.78, 5) is 14.9. The maximum atomic E-state index is 13.1. The number of hydrogen-bond donors (Lipinski definition) is 0. The molecule has 4 heteroatoms. The third-order valence-corrected chi connectivity index (χ3v) is 4.77. The number of methoxy groups -OCH3 is 2. The van der Waals surface area contributed by atoms with Crippen LogP contribution >= 0.6 is 0 Å². The Balaban J connectivity index is 1.94. The lowest BCUT2D eigenvalue weighted by Crippen LogP contribution is -2.48. The van der Waals surface area contributed by atoms with Crippen molar-refractivity contribution in [2.45, 2.75) is 26.3 Å². The number of amides is 1. The van der Waals surface area contributed by atoms with E-state index >= 15 is 0 Å². The molecule has 0 unspecified atom stereocenters. The molecule has 1 amide bonds. The highest BCUT2D eigenvalue weighted by atomic mass is 16.5. The molecule has 0 saturated heterocycles. The van der Waals surface area contributed by atoms with Crippen molar-refractivity contribution < 1.29 is 14.3 Å². The molecule has 0 N–H and O–H groups in total. The molecule has 0 spiro atoms. The Hall–Kier alpha value is -3.01. The molecule has 0 bridgehead atoms. The van der Waals surface area contributed by atoms with Crippen LogP contribution in [-0.2, 0) is 4.79 Å². The SMILES string of the molecule is COc1ccc(/C=C\C(=O)N2c3ccc(OC)cc3C(C)=CC2(C)C)cc1. The third-order valence-electron chi connectivity index (χ3n) is 4.77. The summed E-state index contributed by atoms with van der Waals surface area (Å²) in [5.74, 6) is 1.51. The minimum Gasteiger partial charge on any atom is -0.497 e. The number of benzene rings is 2. The molecule has 1 aliphatic rings. The summed E-state index contributed by atoms with van der Waals surface area (Å²) in [5, 5.41) is 0. The van der Waals surface area contributed by atoms with Crippen LogP contribution in [0.1, 0.15) is 31.9 Å². The number of allylic oxidation sites excluding steroid dienone is 1. The van der Waals surface area contributed by atoms with Crippen LogP contribution in [0, 0.1) is 0 Å². The first-order valence-electron chi connectivity index (χ1n) is 8.90. The lowest BCUT2D eigenvalue weighted by molar-refractivity contribution is -0.114. The molecule has 2 aromatic carbocycles. The van der Waals surface area contributed by atoms with Crippen molar-refractivity contribution in [3.63, 3.8) is 0 Å². The summed E-state index contributed by atoms with van der Waals surface area (Å²) in [6.07, 6.45) is 5.56. The van der Waals surface area contributed by atoms with E-state index in [4.69, 9.17) is 9.47 Å². The van der Waals surface area contributed by atoms with Crippen LogP contribution < -0.4 is 14.4 Å². The van der Waals surface area contributed by atoms with Gasteiger partial charge in [-0.25, -0.2) is 0 Å². The molecular weight excluding hydrogens is 338 g/mol. The van der Waals surface area contributed by atoms with Gasteiger partial charge in [0, 0.05) is 11.6 Å². The zero-order chi connectivity index (χ0) is 19.6. The first kappa shape index (κ1) is 18.8. The zero-order valence-corrected chi connectivity index (χ0v) is 16.4. The van der Waals surface area contributed by atoms with Gasteiger partial charge in [-0.3, -0.25) is 9.69 Å². The molecule has 0 aliphatic carbocycles. The van der Waals surface area contributed by atoms with Crippen LogP contribution in [-0.4, -0.2) is 25.7 Å². The van der Waals surface area contributed by atoms with Crippen molar-refractivity contribution >= 4 is 23.2 Å². The molecule has 0 fully saturated rings. The predicted octanol–water partition coefficient (Wildman–Crippen LogP) is 4.95. The highest BCUT2D eigenvalue weighted by Gasteiger charge is 2.34. The van der Waals surface area contributed by atoms with E-state index in [1.807, 2.05) is 67.3 Å². The lowest BCUT2D eigenvalue weighted by Gasteiger charge is -2.41. The smallest absolute Gasteiger partial charge is 0.251 e. The average molecular weight is 363 g/mol. The van der Waals surface area contributed by atoms with Crippen LogP contribution in [0.25, 0.3) is 11.6 Å². The van der Waals surface area contributed by atoms with Gasteiger partial charge in [0.1, 0.15) is 11.5 Å². The fourth-order valence-corrected chi connectivity index (χ4v) is 3.50. The van der Waals surface area contributed by atoms with Crippen molar-refractivity contribution in [3.05, 3.63) is 65.7 Å². The summed E-state index contributed by atoms with van der Waals surface area (Å²) in [5.41, 5.74) is 3.57.